The predicted molar refractivity (Wildman–Crippen MR) is 103 cm³/mol. The van der Waals surface area contributed by atoms with Crippen molar-refractivity contribution in [3.63, 3.8) is 0 Å². The van der Waals surface area contributed by atoms with Crippen LogP contribution in [0.5, 0.6) is 0 Å². The molecule has 0 aliphatic heterocycles. The third kappa shape index (κ3) is 3.41. The minimum atomic E-state index is 0.363. The SMILES string of the molecule is Cc1ccccc1Nc1ccc(/C(=N/O)c2sccc2Cl)c(Cl)c1. The standard InChI is InChI=1S/C18H14Cl2N2OS/c1-11-4-2-3-5-16(11)21-12-6-7-13(15(20)10-12)17(22-23)18-14(19)8-9-24-18/h2-10,21,23H,1H3/b22-17-. The number of nitrogens with zero attached hydrogens (tertiary/aromatic N) is 1. The molecule has 0 radical (unpaired) electrons. The van der Waals surface area contributed by atoms with Crippen LogP contribution in [-0.2, 0) is 0 Å². The van der Waals surface area contributed by atoms with Crippen LogP contribution in [0.4, 0.5) is 11.4 Å². The first kappa shape index (κ1) is 16.8. The van der Waals surface area contributed by atoms with Crippen molar-refractivity contribution in [2.45, 2.75) is 6.92 Å². The molecule has 122 valence electrons. The number of anilines is 2. The maximum atomic E-state index is 9.40. The summed E-state index contributed by atoms with van der Waals surface area (Å²) in [4.78, 5) is 0.681. The average molecular weight is 377 g/mol. The number of rotatable bonds is 4. The monoisotopic (exact) mass is 376 g/mol. The zero-order valence-electron chi connectivity index (χ0n) is 12.8. The lowest BCUT2D eigenvalue weighted by Gasteiger charge is -2.12. The summed E-state index contributed by atoms with van der Waals surface area (Å²) in [5, 5.41) is 19.0. The molecule has 2 N–H and O–H groups in total. The van der Waals surface area contributed by atoms with Crippen molar-refractivity contribution in [3.05, 3.63) is 80.0 Å². The van der Waals surface area contributed by atoms with Crippen LogP contribution in [0.15, 0.2) is 59.1 Å². The quantitative estimate of drug-likeness (QED) is 0.317. The predicted octanol–water partition coefficient (Wildman–Crippen LogP) is 6.33. The second-order valence-corrected chi connectivity index (χ2v) is 6.91. The van der Waals surface area contributed by atoms with Gasteiger partial charge in [-0.2, -0.15) is 0 Å². The lowest BCUT2D eigenvalue weighted by molar-refractivity contribution is 0.320. The third-order valence-corrected chi connectivity index (χ3v) is 5.24. The first-order valence-electron chi connectivity index (χ1n) is 7.18. The molecule has 1 aromatic heterocycles. The molecule has 6 heteroatoms. The van der Waals surface area contributed by atoms with E-state index in [4.69, 9.17) is 23.2 Å². The number of hydrogen-bond acceptors (Lipinski definition) is 4. The van der Waals surface area contributed by atoms with Crippen LogP contribution < -0.4 is 5.32 Å². The number of benzene rings is 2. The lowest BCUT2D eigenvalue weighted by Crippen LogP contribution is -2.03. The van der Waals surface area contributed by atoms with Crippen LogP contribution in [0.2, 0.25) is 10.0 Å². The molecule has 0 aliphatic carbocycles. The van der Waals surface area contributed by atoms with E-state index in [1.165, 1.54) is 11.3 Å². The van der Waals surface area contributed by atoms with Crippen LogP contribution >= 0.6 is 34.5 Å². The van der Waals surface area contributed by atoms with E-state index in [0.29, 0.717) is 26.2 Å². The van der Waals surface area contributed by atoms with Crippen LogP contribution in [0, 0.1) is 6.92 Å². The molecule has 3 aromatic rings. The number of thiophene rings is 1. The van der Waals surface area contributed by atoms with Crippen molar-refractivity contribution in [3.8, 4) is 0 Å². The van der Waals surface area contributed by atoms with Crippen LogP contribution in [0.25, 0.3) is 0 Å². The highest BCUT2D eigenvalue weighted by atomic mass is 35.5. The summed E-state index contributed by atoms with van der Waals surface area (Å²) in [6, 6.07) is 15.3. The van der Waals surface area contributed by atoms with E-state index in [1.807, 2.05) is 48.7 Å². The van der Waals surface area contributed by atoms with Crippen molar-refractivity contribution < 1.29 is 5.21 Å². The first-order chi connectivity index (χ1) is 11.6. The summed E-state index contributed by atoms with van der Waals surface area (Å²) in [7, 11) is 0. The van der Waals surface area contributed by atoms with E-state index in [9.17, 15) is 5.21 Å². The molecule has 0 bridgehead atoms. The van der Waals surface area contributed by atoms with Crippen LogP contribution in [0.1, 0.15) is 16.0 Å². The summed E-state index contributed by atoms with van der Waals surface area (Å²) < 4.78 is 0. The van der Waals surface area contributed by atoms with Crippen LogP contribution in [-0.4, -0.2) is 10.9 Å². The molecule has 0 spiro atoms. The molecule has 0 amide bonds. The van der Waals surface area contributed by atoms with Gasteiger partial charge >= 0.3 is 0 Å². The third-order valence-electron chi connectivity index (χ3n) is 3.58. The van der Waals surface area contributed by atoms with Crippen molar-refractivity contribution >= 4 is 51.6 Å². The van der Waals surface area contributed by atoms with E-state index < -0.39 is 0 Å². The van der Waals surface area contributed by atoms with Gasteiger partial charge in [-0.15, -0.1) is 11.3 Å². The Kier molecular flexibility index (Phi) is 5.09. The van der Waals surface area contributed by atoms with Gasteiger partial charge in [0.15, 0.2) is 0 Å². The fourth-order valence-electron chi connectivity index (χ4n) is 2.34. The van der Waals surface area contributed by atoms with Gasteiger partial charge in [0.25, 0.3) is 0 Å². The molecule has 24 heavy (non-hydrogen) atoms. The number of nitrogens with one attached hydrogen (secondary N) is 1. The lowest BCUT2D eigenvalue weighted by atomic mass is 10.1. The van der Waals surface area contributed by atoms with E-state index >= 15 is 0 Å². The average Bonchev–Trinajstić information content (AvgIpc) is 2.98. The highest BCUT2D eigenvalue weighted by Crippen LogP contribution is 2.31. The highest BCUT2D eigenvalue weighted by Gasteiger charge is 2.16. The van der Waals surface area contributed by atoms with Gasteiger partial charge in [0.2, 0.25) is 0 Å². The number of oxime groups is 1. The molecular formula is C18H14Cl2N2OS. The van der Waals surface area contributed by atoms with Gasteiger partial charge in [0, 0.05) is 16.9 Å². The first-order valence-corrected chi connectivity index (χ1v) is 8.81. The molecule has 0 saturated carbocycles. The van der Waals surface area contributed by atoms with E-state index in [-0.39, 0.29) is 0 Å². The summed E-state index contributed by atoms with van der Waals surface area (Å²) in [5.74, 6) is 0. The molecule has 2 aromatic carbocycles. The Morgan fingerprint density at radius 1 is 1.08 bits per heavy atom. The molecular weight excluding hydrogens is 363 g/mol. The van der Waals surface area contributed by atoms with Gasteiger partial charge in [0.1, 0.15) is 5.71 Å². The maximum absolute atomic E-state index is 9.40. The number of halogens is 2. The van der Waals surface area contributed by atoms with Gasteiger partial charge in [-0.3, -0.25) is 0 Å². The van der Waals surface area contributed by atoms with Gasteiger partial charge in [-0.25, -0.2) is 0 Å². The fraction of sp³-hybridized carbons (Fsp3) is 0.0556. The second kappa shape index (κ2) is 7.26. The van der Waals surface area contributed by atoms with Gasteiger partial charge < -0.3 is 10.5 Å². The molecule has 3 nitrogen and oxygen atoms in total. The summed E-state index contributed by atoms with van der Waals surface area (Å²) in [5.41, 5.74) is 3.99. The normalized spacial score (nSPS) is 11.5. The zero-order valence-corrected chi connectivity index (χ0v) is 15.1. The van der Waals surface area contributed by atoms with Crippen molar-refractivity contribution in [2.24, 2.45) is 5.16 Å². The Hall–Kier alpha value is -2.01. The number of aryl methyl sites for hydroxylation is 1. The number of hydrogen-bond donors (Lipinski definition) is 2. The van der Waals surface area contributed by atoms with Crippen molar-refractivity contribution in [1.82, 2.24) is 0 Å². The topological polar surface area (TPSA) is 44.6 Å². The van der Waals surface area contributed by atoms with Crippen LogP contribution in [0.3, 0.4) is 0 Å². The van der Waals surface area contributed by atoms with E-state index in [0.717, 1.165) is 16.9 Å². The Balaban J connectivity index is 1.93. The Labute approximate surface area is 154 Å². The maximum Gasteiger partial charge on any atom is 0.130 e. The second-order valence-electron chi connectivity index (χ2n) is 5.18. The minimum Gasteiger partial charge on any atom is -0.410 e. The van der Waals surface area contributed by atoms with Gasteiger partial charge in [-0.05, 0) is 48.2 Å². The van der Waals surface area contributed by atoms with Crippen molar-refractivity contribution in [1.29, 1.82) is 0 Å². The molecule has 0 aliphatic rings. The molecule has 0 saturated heterocycles. The Morgan fingerprint density at radius 3 is 2.50 bits per heavy atom. The Bertz CT molecular complexity index is 906. The van der Waals surface area contributed by atoms with E-state index in [2.05, 4.69) is 10.5 Å². The molecule has 1 heterocycles. The summed E-state index contributed by atoms with van der Waals surface area (Å²) >= 11 is 13.9. The summed E-state index contributed by atoms with van der Waals surface area (Å²) in [6.45, 7) is 2.04. The number of para-hydroxylation sites is 1. The van der Waals surface area contributed by atoms with E-state index in [1.54, 1.807) is 12.1 Å². The van der Waals surface area contributed by atoms with Gasteiger partial charge in [0.05, 0.1) is 14.9 Å². The smallest absolute Gasteiger partial charge is 0.130 e. The van der Waals surface area contributed by atoms with Gasteiger partial charge in [-0.1, -0.05) is 46.6 Å². The molecule has 3 rings (SSSR count). The van der Waals surface area contributed by atoms with Crippen molar-refractivity contribution in [2.75, 3.05) is 5.32 Å². The molecule has 0 unspecified atom stereocenters. The highest BCUT2D eigenvalue weighted by molar-refractivity contribution is 7.13. The zero-order chi connectivity index (χ0) is 17.1. The molecule has 0 fully saturated rings. The minimum absolute atomic E-state index is 0.363. The molecule has 0 atom stereocenters. The summed E-state index contributed by atoms with van der Waals surface area (Å²) in [6.07, 6.45) is 0. The largest absolute Gasteiger partial charge is 0.410 e. The Morgan fingerprint density at radius 2 is 1.88 bits per heavy atom. The fourth-order valence-corrected chi connectivity index (χ4v) is 3.75.